The van der Waals surface area contributed by atoms with Gasteiger partial charge in [-0.25, -0.2) is 9.59 Å². The summed E-state index contributed by atoms with van der Waals surface area (Å²) in [6.45, 7) is 27.3. The lowest BCUT2D eigenvalue weighted by molar-refractivity contribution is -0.147. The molecule has 1 heterocycles. The summed E-state index contributed by atoms with van der Waals surface area (Å²) in [5.41, 5.74) is 9.22. The molecule has 5 rings (SSSR count). The van der Waals surface area contributed by atoms with Crippen molar-refractivity contribution in [2.45, 2.75) is 260 Å². The number of nitrogens with zero attached hydrogens (tertiary/aromatic N) is 3. The summed E-state index contributed by atoms with van der Waals surface area (Å²) in [5.74, 6) is -5.88. The number of thioether (sulfide) groups is 1. The largest absolute Gasteiger partial charge is 0.445 e. The van der Waals surface area contributed by atoms with Gasteiger partial charge in [0.25, 0.3) is 0 Å². The molecule has 6 N–H and O–H groups in total. The molecule has 13 atom stereocenters. The number of Topliss-reactive ketones (excluding diaryl/α,β-unsaturated/α-hetero) is 4. The monoisotopic (exact) mass is 1550 g/mol. The SMILES string of the molecule is CC[C@H](C)[C@@H]([C@@H](CC(=O)C1CCC[C@H]1[C@H](OC)[C@@H](C)C(=O)N[C@@H](Cc1ccccc1)C(=O)CC(C)(C)C)OC)N(C)C(=O)[C@@H](CC(=O)[C@H](C(C)C)N(C)C(=O)OCc1ccc(NC(=O)[C@H](CCCNC(N)=O)CC(=O)[C@@H](NC(=O)CCCCCN2C(=O)CC(SCc3ccc(C(C)C)cc3)C2=O)C(C)C)cc1)C(C)C. The zero-order chi connectivity index (χ0) is 81.9. The second kappa shape index (κ2) is 45.0. The van der Waals surface area contributed by atoms with Crippen LogP contribution in [0.1, 0.15) is 221 Å². The van der Waals surface area contributed by atoms with Crippen LogP contribution in [-0.4, -0.2) is 168 Å². The Balaban J connectivity index is 1.15. The van der Waals surface area contributed by atoms with E-state index in [2.05, 4.69) is 59.4 Å². The number of carbonyl (C=O) groups is 12. The first-order valence-corrected chi connectivity index (χ1v) is 40.9. The maximum atomic E-state index is 15.0. The van der Waals surface area contributed by atoms with Gasteiger partial charge in [-0.15, -0.1) is 11.8 Å². The van der Waals surface area contributed by atoms with Gasteiger partial charge < -0.3 is 51.0 Å². The summed E-state index contributed by atoms with van der Waals surface area (Å²) in [6.07, 6.45) is 3.04. The fourth-order valence-corrected chi connectivity index (χ4v) is 16.5. The van der Waals surface area contributed by atoms with Crippen LogP contribution in [0.25, 0.3) is 0 Å². The Hall–Kier alpha value is -7.83. The topological polar surface area (TPSA) is 316 Å². The maximum Gasteiger partial charge on any atom is 0.410 e. The van der Waals surface area contributed by atoms with Crippen LogP contribution in [0.5, 0.6) is 0 Å². The number of rotatable bonds is 47. The summed E-state index contributed by atoms with van der Waals surface area (Å²) in [6, 6.07) is 20.5. The summed E-state index contributed by atoms with van der Waals surface area (Å²) < 4.78 is 18.1. The minimum Gasteiger partial charge on any atom is -0.445 e. The Bertz CT molecular complexity index is 3530. The van der Waals surface area contributed by atoms with Crippen LogP contribution in [0.2, 0.25) is 0 Å². The standard InChI is InChI=1S/C86H130N8O15S/c1-19-56(10)78(72(107-17)47-68(95)64-31-26-32-65(64)79(108-18)57(11)80(101)90-67(71(98)49-86(12,13)14)44-58-28-22-20-23-29-58)92(15)82(103)66(53(4)5)46-70(97)77(55(8)9)93(16)85(106)109-50-59-36-40-63(41-37-59)89-81(102)62(30-27-42-88-84(87)105)45-69(96)76(54(6)7)91-74(99)33-24-21-25-43-94-75(100)48-73(83(94)104)110-51-60-34-38-61(39-35-60)52(2)3/h20,22-23,28-29,34-41,52-57,62,64-67,72-73,76-79H,19,21,24-27,30-33,42-51H2,1-18H3,(H,89,102)(H,90,101)(H,91,99)(H3,87,88,105)/t56-,57+,62+,64?,65+,66-,67-,72+,73?,76-,77-,78-,79+/m0/s1. The summed E-state index contributed by atoms with van der Waals surface area (Å²) in [4.78, 5) is 170. The van der Waals surface area contributed by atoms with Crippen molar-refractivity contribution in [3.63, 3.8) is 0 Å². The third-order valence-electron chi connectivity index (χ3n) is 21.9. The fraction of sp³-hybridized carbons (Fsp3) is 0.651. The number of methoxy groups -OCH3 is 2. The first-order valence-electron chi connectivity index (χ1n) is 39.9. The van der Waals surface area contributed by atoms with E-state index in [0.29, 0.717) is 74.3 Å². The number of anilines is 1. The minimum absolute atomic E-state index is 0.0108. The fourth-order valence-electron chi connectivity index (χ4n) is 15.4. The van der Waals surface area contributed by atoms with Crippen LogP contribution < -0.4 is 27.0 Å². The zero-order valence-corrected chi connectivity index (χ0v) is 69.7. The molecule has 2 fully saturated rings. The molecule has 0 spiro atoms. The number of amides is 9. The maximum absolute atomic E-state index is 15.0. The minimum atomic E-state index is -0.976. The van der Waals surface area contributed by atoms with Crippen molar-refractivity contribution in [1.29, 1.82) is 0 Å². The lowest BCUT2D eigenvalue weighted by Crippen LogP contribution is -2.53. The molecule has 610 valence electrons. The van der Waals surface area contributed by atoms with Crippen molar-refractivity contribution >= 4 is 88.1 Å². The molecule has 2 aliphatic rings. The molecule has 0 bridgehead atoms. The summed E-state index contributed by atoms with van der Waals surface area (Å²) in [7, 11) is 6.27. The number of nitrogens with two attached hydrogens (primary N) is 1. The van der Waals surface area contributed by atoms with Crippen molar-refractivity contribution in [1.82, 2.24) is 30.7 Å². The first kappa shape index (κ1) is 92.8. The third-order valence-corrected chi connectivity index (χ3v) is 23.2. The second-order valence-electron chi connectivity index (χ2n) is 33.2. The van der Waals surface area contributed by atoms with Gasteiger partial charge >= 0.3 is 12.1 Å². The number of ether oxygens (including phenoxy) is 3. The molecule has 0 aromatic heterocycles. The highest BCUT2D eigenvalue weighted by Gasteiger charge is 2.46. The number of primary amides is 1. The van der Waals surface area contributed by atoms with Gasteiger partial charge in [0.2, 0.25) is 35.4 Å². The second-order valence-corrected chi connectivity index (χ2v) is 34.4. The number of nitrogens with one attached hydrogen (secondary N) is 4. The molecule has 3 aromatic rings. The van der Waals surface area contributed by atoms with Gasteiger partial charge in [0, 0.05) is 109 Å². The smallest absolute Gasteiger partial charge is 0.410 e. The molecule has 3 aromatic carbocycles. The number of carbonyl (C=O) groups excluding carboxylic acids is 12. The number of imide groups is 1. The predicted octanol–water partition coefficient (Wildman–Crippen LogP) is 13.0. The van der Waals surface area contributed by atoms with E-state index >= 15 is 4.79 Å². The van der Waals surface area contributed by atoms with Gasteiger partial charge in [-0.1, -0.05) is 183 Å². The van der Waals surface area contributed by atoms with Crippen LogP contribution in [0.4, 0.5) is 15.3 Å². The molecule has 9 amide bonds. The lowest BCUT2D eigenvalue weighted by atomic mass is 9.79. The van der Waals surface area contributed by atoms with Crippen LogP contribution in [0.15, 0.2) is 78.9 Å². The molecule has 110 heavy (non-hydrogen) atoms. The van der Waals surface area contributed by atoms with Crippen molar-refractivity contribution < 1.29 is 71.7 Å². The Morgan fingerprint density at radius 3 is 1.93 bits per heavy atom. The number of hydrogen-bond acceptors (Lipinski definition) is 16. The van der Waals surface area contributed by atoms with Crippen LogP contribution in [-0.2, 0) is 80.9 Å². The van der Waals surface area contributed by atoms with E-state index in [1.54, 1.807) is 64.1 Å². The molecule has 1 saturated carbocycles. The molecule has 0 radical (unpaired) electrons. The number of benzene rings is 3. The van der Waals surface area contributed by atoms with Gasteiger partial charge in [-0.05, 0) is 120 Å². The number of likely N-dealkylation sites (N-methyl/N-ethyl adjacent to an activating group) is 2. The van der Waals surface area contributed by atoms with E-state index < -0.39 is 83.3 Å². The predicted molar refractivity (Wildman–Crippen MR) is 430 cm³/mol. The molecule has 1 aliphatic carbocycles. The average Bonchev–Trinajstić information content (AvgIpc) is 1.41. The molecule has 1 saturated heterocycles. The number of unbranched alkanes of at least 4 members (excludes halogenated alkanes) is 2. The number of ketones is 4. The molecule has 24 heteroatoms. The van der Waals surface area contributed by atoms with Gasteiger partial charge in [0.15, 0.2) is 17.3 Å². The Morgan fingerprint density at radius 2 is 1.35 bits per heavy atom. The normalized spacial score (nSPS) is 18.0. The van der Waals surface area contributed by atoms with Crippen LogP contribution in [0, 0.1) is 58.7 Å². The highest BCUT2D eigenvalue weighted by Crippen LogP contribution is 2.41. The summed E-state index contributed by atoms with van der Waals surface area (Å²) >= 11 is 1.47. The van der Waals surface area contributed by atoms with Crippen LogP contribution in [0.3, 0.4) is 0 Å². The van der Waals surface area contributed by atoms with Crippen molar-refractivity contribution in [2.75, 3.05) is 46.7 Å². The van der Waals surface area contributed by atoms with E-state index in [4.69, 9.17) is 19.9 Å². The average molecular weight is 1550 g/mol. The van der Waals surface area contributed by atoms with Crippen molar-refractivity contribution in [3.05, 3.63) is 101 Å². The summed E-state index contributed by atoms with van der Waals surface area (Å²) in [5, 5.41) is 10.9. The highest BCUT2D eigenvalue weighted by molar-refractivity contribution is 7.99. The van der Waals surface area contributed by atoms with E-state index in [1.165, 1.54) is 41.3 Å². The molecular weight excluding hydrogens is 1420 g/mol. The Kier molecular flexibility index (Phi) is 38.0. The van der Waals surface area contributed by atoms with E-state index in [9.17, 15) is 52.7 Å². The number of urea groups is 1. The molecule has 23 nitrogen and oxygen atoms in total. The Labute approximate surface area is 659 Å². The lowest BCUT2D eigenvalue weighted by Gasteiger charge is -2.40. The van der Waals surface area contributed by atoms with Gasteiger partial charge in [-0.3, -0.25) is 52.8 Å². The molecule has 1 aliphatic heterocycles. The third kappa shape index (κ3) is 28.4. The first-order chi connectivity index (χ1) is 51.9. The van der Waals surface area contributed by atoms with E-state index in [0.717, 1.165) is 17.5 Å². The van der Waals surface area contributed by atoms with Crippen molar-refractivity contribution in [2.24, 2.45) is 64.4 Å². The quantitative estimate of drug-likeness (QED) is 0.0259. The van der Waals surface area contributed by atoms with E-state index in [-0.39, 0.29) is 152 Å². The number of hydrogen-bond donors (Lipinski definition) is 5. The molecular formula is C86H130N8O15S. The van der Waals surface area contributed by atoms with E-state index in [1.807, 2.05) is 92.6 Å². The van der Waals surface area contributed by atoms with Crippen LogP contribution >= 0.6 is 11.8 Å². The van der Waals surface area contributed by atoms with Crippen molar-refractivity contribution in [3.8, 4) is 0 Å². The van der Waals surface area contributed by atoms with Gasteiger partial charge in [-0.2, -0.15) is 0 Å². The Morgan fingerprint density at radius 1 is 0.691 bits per heavy atom. The zero-order valence-electron chi connectivity index (χ0n) is 68.9. The van der Waals surface area contributed by atoms with Gasteiger partial charge in [0.1, 0.15) is 12.4 Å². The number of likely N-dealkylation sites (tertiary alicyclic amines) is 1. The van der Waals surface area contributed by atoms with Gasteiger partial charge in [0.05, 0.1) is 47.5 Å². The molecule has 2 unspecified atom stereocenters. The highest BCUT2D eigenvalue weighted by atomic mass is 32.2.